The van der Waals surface area contributed by atoms with Crippen molar-refractivity contribution in [2.24, 2.45) is 0 Å². The predicted octanol–water partition coefficient (Wildman–Crippen LogP) is 3.17. The van der Waals surface area contributed by atoms with E-state index in [1.54, 1.807) is 0 Å². The maximum atomic E-state index is 11.8. The van der Waals surface area contributed by atoms with Crippen molar-refractivity contribution < 1.29 is 31.1 Å². The van der Waals surface area contributed by atoms with Crippen LogP contribution in [0.25, 0.3) is 0 Å². The van der Waals surface area contributed by atoms with Crippen molar-refractivity contribution in [2.75, 3.05) is 0 Å². The van der Waals surface area contributed by atoms with Crippen LogP contribution < -0.4 is 0 Å². The molecule has 0 saturated heterocycles. The SMILES string of the molecule is FC(F)=C(F)OC(F)(F)C(F)Cl. The van der Waals surface area contributed by atoms with E-state index in [1.165, 1.54) is 0 Å². The first-order valence-electron chi connectivity index (χ1n) is 2.33. The molecule has 0 rings (SSSR count). The van der Waals surface area contributed by atoms with E-state index in [4.69, 9.17) is 0 Å². The summed E-state index contributed by atoms with van der Waals surface area (Å²) in [7, 11) is 0. The van der Waals surface area contributed by atoms with Gasteiger partial charge in [-0.15, -0.1) is 0 Å². The van der Waals surface area contributed by atoms with Gasteiger partial charge in [-0.2, -0.15) is 22.0 Å². The smallest absolute Gasteiger partial charge is 0.399 e. The van der Waals surface area contributed by atoms with E-state index in [0.29, 0.717) is 0 Å². The highest BCUT2D eigenvalue weighted by atomic mass is 35.5. The van der Waals surface area contributed by atoms with Crippen LogP contribution in [0, 0.1) is 0 Å². The molecule has 0 aromatic rings. The second kappa shape index (κ2) is 3.88. The fourth-order valence-corrected chi connectivity index (χ4v) is 0.247. The normalized spacial score (nSPS) is 13.9. The average Bonchev–Trinajstić information content (AvgIpc) is 1.85. The minimum absolute atomic E-state index is 2.58. The lowest BCUT2D eigenvalue weighted by Gasteiger charge is -2.14. The molecule has 1 unspecified atom stereocenters. The van der Waals surface area contributed by atoms with Gasteiger partial charge in [0.25, 0.3) is 5.63 Å². The van der Waals surface area contributed by atoms with Gasteiger partial charge >= 0.3 is 18.2 Å². The van der Waals surface area contributed by atoms with Crippen LogP contribution in [0.5, 0.6) is 0 Å². The Morgan fingerprint density at radius 1 is 1.25 bits per heavy atom. The summed E-state index contributed by atoms with van der Waals surface area (Å²) in [6.07, 6.45) is -7.93. The highest BCUT2D eigenvalue weighted by Crippen LogP contribution is 2.30. The highest BCUT2D eigenvalue weighted by Gasteiger charge is 2.43. The summed E-state index contributed by atoms with van der Waals surface area (Å²) in [6.45, 7) is 0. The molecular formula is C4HClF6O. The molecule has 0 amide bonds. The van der Waals surface area contributed by atoms with Gasteiger partial charge in [0.2, 0.25) is 0 Å². The molecule has 0 fully saturated rings. The summed E-state index contributed by atoms with van der Waals surface area (Å²) in [5.74, 6) is 0. The zero-order chi connectivity index (χ0) is 9.94. The van der Waals surface area contributed by atoms with E-state index >= 15 is 0 Å². The van der Waals surface area contributed by atoms with Crippen molar-refractivity contribution in [3.63, 3.8) is 0 Å². The number of ether oxygens (including phenoxy) is 1. The number of hydrogen-bond acceptors (Lipinski definition) is 1. The van der Waals surface area contributed by atoms with Crippen molar-refractivity contribution in [3.8, 4) is 0 Å². The topological polar surface area (TPSA) is 9.23 Å². The van der Waals surface area contributed by atoms with Gasteiger partial charge in [0, 0.05) is 0 Å². The Labute approximate surface area is 67.6 Å². The van der Waals surface area contributed by atoms with E-state index in [0.717, 1.165) is 0 Å². The van der Waals surface area contributed by atoms with Crippen LogP contribution in [-0.2, 0) is 4.74 Å². The molecule has 0 aromatic heterocycles. The largest absolute Gasteiger partial charge is 0.446 e. The number of halogens is 7. The molecule has 0 radical (unpaired) electrons. The molecule has 0 bridgehead atoms. The van der Waals surface area contributed by atoms with Crippen LogP contribution >= 0.6 is 11.6 Å². The number of rotatable bonds is 3. The van der Waals surface area contributed by atoms with Crippen molar-refractivity contribution in [2.45, 2.75) is 11.7 Å². The monoisotopic (exact) mass is 214 g/mol. The molecular weight excluding hydrogens is 213 g/mol. The number of alkyl halides is 4. The van der Waals surface area contributed by atoms with Crippen molar-refractivity contribution >= 4 is 11.6 Å². The van der Waals surface area contributed by atoms with Crippen molar-refractivity contribution in [1.82, 2.24) is 0 Å². The Balaban J connectivity index is 4.36. The summed E-state index contributed by atoms with van der Waals surface area (Å²) in [4.78, 5) is 0. The van der Waals surface area contributed by atoms with Gasteiger partial charge in [-0.3, -0.25) is 0 Å². The van der Waals surface area contributed by atoms with Crippen LogP contribution in [0.2, 0.25) is 0 Å². The fourth-order valence-electron chi connectivity index (χ4n) is 0.203. The minimum atomic E-state index is -4.81. The lowest BCUT2D eigenvalue weighted by Crippen LogP contribution is -2.28. The van der Waals surface area contributed by atoms with Crippen LogP contribution in [0.1, 0.15) is 0 Å². The zero-order valence-electron chi connectivity index (χ0n) is 5.13. The van der Waals surface area contributed by atoms with Gasteiger partial charge in [0.1, 0.15) is 0 Å². The van der Waals surface area contributed by atoms with Gasteiger partial charge in [0.15, 0.2) is 0 Å². The van der Waals surface area contributed by atoms with Crippen LogP contribution in [0.4, 0.5) is 26.3 Å². The Morgan fingerprint density at radius 2 is 1.67 bits per heavy atom. The molecule has 0 saturated carbocycles. The molecule has 0 spiro atoms. The second-order valence-corrected chi connectivity index (χ2v) is 1.88. The Bertz CT molecular complexity index is 186. The third-order valence-corrected chi connectivity index (χ3v) is 0.882. The quantitative estimate of drug-likeness (QED) is 0.398. The van der Waals surface area contributed by atoms with E-state index in [-0.39, 0.29) is 0 Å². The predicted molar refractivity (Wildman–Crippen MR) is 27.1 cm³/mol. The number of hydrogen-bond donors (Lipinski definition) is 0. The Hall–Kier alpha value is -0.590. The Morgan fingerprint density at radius 3 is 1.92 bits per heavy atom. The highest BCUT2D eigenvalue weighted by molar-refractivity contribution is 6.20. The first kappa shape index (κ1) is 11.4. The molecule has 0 aromatic carbocycles. The van der Waals surface area contributed by atoms with Gasteiger partial charge in [-0.1, -0.05) is 11.6 Å². The molecule has 0 heterocycles. The standard InChI is InChI=1S/C4HClF6O/c5-3(9)4(10,11)12-2(8)1(6)7/h3H. The van der Waals surface area contributed by atoms with Crippen LogP contribution in [0.15, 0.2) is 12.1 Å². The summed E-state index contributed by atoms with van der Waals surface area (Å²) < 4.78 is 71.6. The van der Waals surface area contributed by atoms with E-state index in [9.17, 15) is 26.3 Å². The molecule has 0 aliphatic carbocycles. The summed E-state index contributed by atoms with van der Waals surface area (Å²) in [5, 5.41) is 0. The van der Waals surface area contributed by atoms with Gasteiger partial charge in [-0.25, -0.2) is 4.39 Å². The molecule has 0 aliphatic rings. The summed E-state index contributed by atoms with van der Waals surface area (Å²) in [6, 6.07) is -2.86. The molecule has 1 atom stereocenters. The molecule has 12 heavy (non-hydrogen) atoms. The molecule has 8 heteroatoms. The molecule has 0 aliphatic heterocycles. The Kier molecular flexibility index (Phi) is 3.69. The van der Waals surface area contributed by atoms with Gasteiger partial charge < -0.3 is 4.74 Å². The van der Waals surface area contributed by atoms with Gasteiger partial charge in [-0.05, 0) is 0 Å². The molecule has 0 N–H and O–H groups in total. The maximum absolute atomic E-state index is 11.8. The second-order valence-electron chi connectivity index (χ2n) is 1.50. The summed E-state index contributed by atoms with van der Waals surface area (Å²) in [5.41, 5.74) is -3.40. The molecule has 72 valence electrons. The summed E-state index contributed by atoms with van der Waals surface area (Å²) >= 11 is 4.14. The molecule has 1 nitrogen and oxygen atoms in total. The lowest BCUT2D eigenvalue weighted by atomic mass is 10.7. The minimum Gasteiger partial charge on any atom is -0.399 e. The fraction of sp³-hybridized carbons (Fsp3) is 0.500. The van der Waals surface area contributed by atoms with Crippen LogP contribution in [0.3, 0.4) is 0 Å². The van der Waals surface area contributed by atoms with E-state index < -0.39 is 23.8 Å². The average molecular weight is 214 g/mol. The van der Waals surface area contributed by atoms with Gasteiger partial charge in [0.05, 0.1) is 0 Å². The first-order valence-corrected chi connectivity index (χ1v) is 2.76. The van der Waals surface area contributed by atoms with Crippen molar-refractivity contribution in [1.29, 1.82) is 0 Å². The zero-order valence-corrected chi connectivity index (χ0v) is 5.89. The van der Waals surface area contributed by atoms with E-state index in [2.05, 4.69) is 16.3 Å². The van der Waals surface area contributed by atoms with Crippen molar-refractivity contribution in [3.05, 3.63) is 12.1 Å². The third-order valence-electron chi connectivity index (χ3n) is 0.628. The lowest BCUT2D eigenvalue weighted by molar-refractivity contribution is -0.247. The first-order chi connectivity index (χ1) is 5.27. The van der Waals surface area contributed by atoms with Crippen LogP contribution in [-0.4, -0.2) is 11.7 Å². The van der Waals surface area contributed by atoms with E-state index in [1.807, 2.05) is 0 Å². The third kappa shape index (κ3) is 3.21. The maximum Gasteiger partial charge on any atom is 0.446 e.